The van der Waals surface area contributed by atoms with Gasteiger partial charge in [-0.25, -0.2) is 0 Å². The topological polar surface area (TPSA) is 9.72 Å². The maximum atomic E-state index is 2.50. The fourth-order valence-corrected chi connectivity index (χ4v) is 12.6. The molecule has 0 bridgehead atoms. The van der Waals surface area contributed by atoms with E-state index >= 15 is 0 Å². The molecular formula is C66H48N3P. The van der Waals surface area contributed by atoms with Crippen molar-refractivity contribution in [1.29, 1.82) is 0 Å². The molecule has 0 N–H and O–H groups in total. The number of benzene rings is 12. The van der Waals surface area contributed by atoms with Gasteiger partial charge in [0.05, 0.1) is 17.1 Å². The van der Waals surface area contributed by atoms with Gasteiger partial charge in [-0.1, -0.05) is 182 Å². The van der Waals surface area contributed by atoms with Crippen LogP contribution in [0.25, 0.3) is 32.3 Å². The van der Waals surface area contributed by atoms with E-state index in [-0.39, 0.29) is 0 Å². The summed E-state index contributed by atoms with van der Waals surface area (Å²) < 4.78 is 0. The predicted molar refractivity (Wildman–Crippen MR) is 302 cm³/mol. The highest BCUT2D eigenvalue weighted by molar-refractivity contribution is 7.80. The molecule has 70 heavy (non-hydrogen) atoms. The molecule has 0 aliphatic carbocycles. The summed E-state index contributed by atoms with van der Waals surface area (Å²) in [5.74, 6) is 0. The van der Waals surface area contributed by atoms with Gasteiger partial charge in [0.25, 0.3) is 0 Å². The van der Waals surface area contributed by atoms with Crippen molar-refractivity contribution in [1.82, 2.24) is 0 Å². The van der Waals surface area contributed by atoms with Crippen LogP contribution in [0.2, 0.25) is 0 Å². The smallest absolute Gasteiger partial charge is 0.0551 e. The number of para-hydroxylation sites is 6. The molecule has 0 radical (unpaired) electrons. The quantitative estimate of drug-likeness (QED) is 0.113. The van der Waals surface area contributed by atoms with E-state index in [1.165, 1.54) is 48.2 Å². The summed E-state index contributed by atoms with van der Waals surface area (Å²) in [5.41, 5.74) is 9.88. The van der Waals surface area contributed by atoms with Gasteiger partial charge in [0, 0.05) is 50.0 Å². The summed E-state index contributed by atoms with van der Waals surface area (Å²) in [6.45, 7) is 0. The van der Waals surface area contributed by atoms with E-state index in [0.717, 1.165) is 51.2 Å². The lowest BCUT2D eigenvalue weighted by Gasteiger charge is -2.36. The van der Waals surface area contributed by atoms with Crippen molar-refractivity contribution in [2.75, 3.05) is 14.7 Å². The Hall–Kier alpha value is -8.75. The molecule has 332 valence electrons. The van der Waals surface area contributed by atoms with Crippen LogP contribution < -0.4 is 30.6 Å². The lowest BCUT2D eigenvalue weighted by Crippen LogP contribution is -2.31. The molecule has 3 nitrogen and oxygen atoms in total. The summed E-state index contributed by atoms with van der Waals surface area (Å²) in [5, 5.41) is 10.8. The molecule has 0 atom stereocenters. The molecule has 12 aromatic rings. The highest BCUT2D eigenvalue weighted by atomic mass is 31.1. The molecule has 0 aliphatic heterocycles. The van der Waals surface area contributed by atoms with Crippen molar-refractivity contribution >= 4 is 107 Å². The molecule has 12 aromatic carbocycles. The van der Waals surface area contributed by atoms with Gasteiger partial charge < -0.3 is 14.7 Å². The first-order valence-corrected chi connectivity index (χ1v) is 25.2. The van der Waals surface area contributed by atoms with Gasteiger partial charge in [-0.15, -0.1) is 0 Å². The Labute approximate surface area is 411 Å². The standard InChI is InChI=1S/C66H48N3P/c1-7-31-55(32-8-1)67(56-33-9-2-10-34-56)61-43-49-25-19-22-28-52(49)46-64(61)70(65-47-53-29-23-20-26-50(53)44-62(65)68(57-35-11-3-12-36-57)58-37-13-4-14-38-58)66-48-54-30-24-21-27-51(54)45-63(66)69(59-39-15-5-16-40-59)60-41-17-6-18-42-60/h1-48H. The van der Waals surface area contributed by atoms with Crippen LogP contribution in [0.15, 0.2) is 291 Å². The summed E-state index contributed by atoms with van der Waals surface area (Å²) in [6, 6.07) is 106. The van der Waals surface area contributed by atoms with Crippen molar-refractivity contribution in [2.24, 2.45) is 0 Å². The number of nitrogens with zero attached hydrogens (tertiary/aromatic N) is 3. The largest absolute Gasteiger partial charge is 0.310 e. The first kappa shape index (κ1) is 42.6. The van der Waals surface area contributed by atoms with Gasteiger partial charge in [-0.3, -0.25) is 0 Å². The van der Waals surface area contributed by atoms with Crippen LogP contribution in [0, 0.1) is 0 Å². The Morgan fingerprint density at radius 3 is 0.557 bits per heavy atom. The first-order valence-electron chi connectivity index (χ1n) is 23.8. The van der Waals surface area contributed by atoms with E-state index in [4.69, 9.17) is 0 Å². The lowest BCUT2D eigenvalue weighted by atomic mass is 10.1. The summed E-state index contributed by atoms with van der Waals surface area (Å²) in [6.07, 6.45) is 0. The van der Waals surface area contributed by atoms with Crippen molar-refractivity contribution in [3.8, 4) is 0 Å². The Kier molecular flexibility index (Phi) is 11.6. The molecule has 0 amide bonds. The van der Waals surface area contributed by atoms with Crippen molar-refractivity contribution in [3.05, 3.63) is 291 Å². The van der Waals surface area contributed by atoms with Crippen LogP contribution in [-0.2, 0) is 0 Å². The molecule has 0 fully saturated rings. The summed E-state index contributed by atoms with van der Waals surface area (Å²) >= 11 is 0. The van der Waals surface area contributed by atoms with Crippen molar-refractivity contribution in [2.45, 2.75) is 0 Å². The van der Waals surface area contributed by atoms with E-state index in [0.29, 0.717) is 0 Å². The third kappa shape index (κ3) is 8.23. The van der Waals surface area contributed by atoms with Gasteiger partial charge in [0.15, 0.2) is 0 Å². The Bertz CT molecular complexity index is 3210. The fourth-order valence-electron chi connectivity index (χ4n) is 9.86. The average Bonchev–Trinajstić information content (AvgIpc) is 3.43. The van der Waals surface area contributed by atoms with Gasteiger partial charge in [-0.05, 0) is 149 Å². The minimum Gasteiger partial charge on any atom is -0.310 e. The van der Waals surface area contributed by atoms with Crippen LogP contribution in [0.5, 0.6) is 0 Å². The molecule has 0 spiro atoms. The monoisotopic (exact) mass is 913 g/mol. The molecule has 0 saturated heterocycles. The van der Waals surface area contributed by atoms with Crippen LogP contribution in [0.1, 0.15) is 0 Å². The molecule has 0 saturated carbocycles. The van der Waals surface area contributed by atoms with E-state index < -0.39 is 7.92 Å². The van der Waals surface area contributed by atoms with Crippen molar-refractivity contribution < 1.29 is 0 Å². The number of fused-ring (bicyclic) bond motifs is 3. The van der Waals surface area contributed by atoms with E-state index in [2.05, 4.69) is 306 Å². The predicted octanol–water partition coefficient (Wildman–Crippen LogP) is 17.3. The number of hydrogen-bond acceptors (Lipinski definition) is 3. The molecule has 12 rings (SSSR count). The molecule has 4 heteroatoms. The van der Waals surface area contributed by atoms with Crippen LogP contribution >= 0.6 is 7.92 Å². The van der Waals surface area contributed by atoms with Crippen LogP contribution in [0.3, 0.4) is 0 Å². The Morgan fingerprint density at radius 1 is 0.186 bits per heavy atom. The zero-order chi connectivity index (χ0) is 46.6. The normalized spacial score (nSPS) is 11.3. The van der Waals surface area contributed by atoms with E-state index in [9.17, 15) is 0 Å². The second kappa shape index (κ2) is 19.1. The number of hydrogen-bond donors (Lipinski definition) is 0. The first-order chi connectivity index (χ1) is 34.7. The second-order valence-electron chi connectivity index (χ2n) is 17.4. The minimum absolute atomic E-state index is 1.09. The van der Waals surface area contributed by atoms with Gasteiger partial charge in [0.1, 0.15) is 0 Å². The lowest BCUT2D eigenvalue weighted by molar-refractivity contribution is 1.29. The summed E-state index contributed by atoms with van der Waals surface area (Å²) in [7, 11) is -1.49. The Morgan fingerprint density at radius 2 is 0.357 bits per heavy atom. The van der Waals surface area contributed by atoms with Crippen LogP contribution in [0.4, 0.5) is 51.2 Å². The van der Waals surface area contributed by atoms with Gasteiger partial charge in [-0.2, -0.15) is 0 Å². The SMILES string of the molecule is c1ccc(N(c2ccccc2)c2cc3ccccc3cc2P(c2cc3ccccc3cc2N(c2ccccc2)c2ccccc2)c2cc3ccccc3cc2N(c2ccccc2)c2ccccc2)cc1. The molecule has 0 aliphatic rings. The second-order valence-corrected chi connectivity index (χ2v) is 19.5. The third-order valence-corrected chi connectivity index (χ3v) is 15.6. The molecular weight excluding hydrogens is 866 g/mol. The average molecular weight is 914 g/mol. The van der Waals surface area contributed by atoms with Crippen LogP contribution in [-0.4, -0.2) is 0 Å². The van der Waals surface area contributed by atoms with Gasteiger partial charge in [0.2, 0.25) is 0 Å². The third-order valence-electron chi connectivity index (χ3n) is 13.1. The highest BCUT2D eigenvalue weighted by Gasteiger charge is 2.33. The summed E-state index contributed by atoms with van der Waals surface area (Å²) in [4.78, 5) is 7.41. The van der Waals surface area contributed by atoms with E-state index in [1.54, 1.807) is 0 Å². The number of rotatable bonds is 12. The Balaban J connectivity index is 1.28. The van der Waals surface area contributed by atoms with E-state index in [1.807, 2.05) is 0 Å². The molecule has 0 unspecified atom stereocenters. The zero-order valence-electron chi connectivity index (χ0n) is 38.5. The van der Waals surface area contributed by atoms with Crippen molar-refractivity contribution in [3.63, 3.8) is 0 Å². The van der Waals surface area contributed by atoms with Gasteiger partial charge >= 0.3 is 0 Å². The molecule has 0 heterocycles. The maximum absolute atomic E-state index is 2.50. The fraction of sp³-hybridized carbons (Fsp3) is 0. The zero-order valence-corrected chi connectivity index (χ0v) is 39.4. The minimum atomic E-state index is -1.49. The maximum Gasteiger partial charge on any atom is 0.0551 e. The highest BCUT2D eigenvalue weighted by Crippen LogP contribution is 2.51. The molecule has 0 aromatic heterocycles. The number of anilines is 9.